The minimum atomic E-state index is -4.21. The van der Waals surface area contributed by atoms with Gasteiger partial charge < -0.3 is 14.8 Å². The van der Waals surface area contributed by atoms with Crippen LogP contribution >= 0.6 is 0 Å². The summed E-state index contributed by atoms with van der Waals surface area (Å²) in [6, 6.07) is 8.61. The zero-order valence-corrected chi connectivity index (χ0v) is 25.1. The highest BCUT2D eigenvalue weighted by molar-refractivity contribution is 7.90. The lowest BCUT2D eigenvalue weighted by molar-refractivity contribution is -0.148. The van der Waals surface area contributed by atoms with Crippen LogP contribution < -0.4 is 14.8 Å². The predicted molar refractivity (Wildman–Crippen MR) is 148 cm³/mol. The van der Waals surface area contributed by atoms with Crippen molar-refractivity contribution in [3.05, 3.63) is 59.7 Å². The molecule has 0 bridgehead atoms. The minimum Gasteiger partial charge on any atom is -0.466 e. The van der Waals surface area contributed by atoms with Crippen LogP contribution in [0.3, 0.4) is 0 Å². The lowest BCUT2D eigenvalue weighted by Gasteiger charge is -2.29. The first-order valence-corrected chi connectivity index (χ1v) is 15.8. The van der Waals surface area contributed by atoms with Crippen molar-refractivity contribution >= 4 is 32.1 Å². The summed E-state index contributed by atoms with van der Waals surface area (Å²) >= 11 is 0. The van der Waals surface area contributed by atoms with Crippen molar-refractivity contribution < 1.29 is 35.9 Å². The first-order valence-electron chi connectivity index (χ1n) is 12.9. The van der Waals surface area contributed by atoms with Crippen molar-refractivity contribution in [2.45, 2.75) is 81.5 Å². The largest absolute Gasteiger partial charge is 0.466 e. The lowest BCUT2D eigenvalue weighted by atomic mass is 10.0. The van der Waals surface area contributed by atoms with E-state index in [2.05, 4.69) is 14.8 Å². The molecule has 2 aromatic carbocycles. The van der Waals surface area contributed by atoms with Crippen LogP contribution in [-0.4, -0.2) is 59.2 Å². The number of carbonyl (C=O) groups is 2. The molecule has 0 unspecified atom stereocenters. The average Bonchev–Trinajstić information content (AvgIpc) is 3.14. The molecule has 0 heterocycles. The Morgan fingerprint density at radius 1 is 0.825 bits per heavy atom. The Hall–Kier alpha value is -3.00. The molecule has 0 aliphatic heterocycles. The van der Waals surface area contributed by atoms with E-state index in [1.54, 1.807) is 58.9 Å². The second-order valence-corrected chi connectivity index (χ2v) is 14.2. The van der Waals surface area contributed by atoms with E-state index < -0.39 is 61.8 Å². The van der Waals surface area contributed by atoms with Crippen molar-refractivity contribution in [2.24, 2.45) is 5.92 Å². The summed E-state index contributed by atoms with van der Waals surface area (Å²) in [5.74, 6) is -1.79. The number of hydrogen-bond acceptors (Lipinski definition) is 8. The van der Waals surface area contributed by atoms with E-state index in [-0.39, 0.29) is 22.8 Å². The van der Waals surface area contributed by atoms with Crippen molar-refractivity contribution in [3.63, 3.8) is 0 Å². The molecule has 3 N–H and O–H groups in total. The molecule has 0 saturated heterocycles. The van der Waals surface area contributed by atoms with Gasteiger partial charge in [-0.05, 0) is 72.2 Å². The molecule has 1 amide bonds. The van der Waals surface area contributed by atoms with E-state index in [0.717, 1.165) is 11.1 Å². The van der Waals surface area contributed by atoms with E-state index >= 15 is 0 Å². The molecule has 13 heteroatoms. The maximum Gasteiger partial charge on any atom is 0.407 e. The van der Waals surface area contributed by atoms with Gasteiger partial charge in [0.15, 0.2) is 0 Å². The number of ether oxygens (including phenoxy) is 2. The Morgan fingerprint density at radius 3 is 1.75 bits per heavy atom. The zero-order chi connectivity index (χ0) is 29.9. The van der Waals surface area contributed by atoms with E-state index in [4.69, 9.17) is 9.47 Å². The highest BCUT2D eigenvalue weighted by Gasteiger charge is 2.51. The summed E-state index contributed by atoms with van der Waals surface area (Å²) < 4.78 is 69.2. The molecule has 11 nitrogen and oxygen atoms in total. The van der Waals surface area contributed by atoms with Crippen LogP contribution in [0, 0.1) is 19.8 Å². The summed E-state index contributed by atoms with van der Waals surface area (Å²) in [6.07, 6.45) is -1.04. The molecular weight excluding hydrogens is 558 g/mol. The molecule has 3 rings (SSSR count). The van der Waals surface area contributed by atoms with E-state index in [0.29, 0.717) is 0 Å². The van der Waals surface area contributed by atoms with Gasteiger partial charge >= 0.3 is 12.1 Å². The number of esters is 1. The van der Waals surface area contributed by atoms with Crippen LogP contribution in [0.5, 0.6) is 0 Å². The number of alkyl carbamates (subject to hydrolysis) is 1. The standard InChI is InChI=1S/C27H37N3O8S2/c1-7-37-25(31)21-16-22(29-39(33,34)19-12-8-17(2)9-13-19)24(23(21)28-26(32)38-27(4,5)6)30-40(35,36)20-14-10-18(3)11-15-20/h8-15,21-24,29-30H,7,16H2,1-6H3,(H,28,32)/t21-,22-,23-,24+/m1/s1. The summed E-state index contributed by atoms with van der Waals surface area (Å²) in [5.41, 5.74) is 0.814. The zero-order valence-electron chi connectivity index (χ0n) is 23.4. The number of amides is 1. The second-order valence-electron chi connectivity index (χ2n) is 10.8. The smallest absolute Gasteiger partial charge is 0.407 e. The van der Waals surface area contributed by atoms with Crippen LogP contribution in [0.25, 0.3) is 0 Å². The van der Waals surface area contributed by atoms with Gasteiger partial charge in [0.25, 0.3) is 0 Å². The Balaban J connectivity index is 2.05. The molecule has 1 fully saturated rings. The third-order valence-electron chi connectivity index (χ3n) is 6.29. The Morgan fingerprint density at radius 2 is 1.30 bits per heavy atom. The Labute approximate surface area is 236 Å². The quantitative estimate of drug-likeness (QED) is 0.374. The molecule has 40 heavy (non-hydrogen) atoms. The highest BCUT2D eigenvalue weighted by Crippen LogP contribution is 2.31. The molecule has 1 saturated carbocycles. The molecule has 0 aromatic heterocycles. The Kier molecular flexibility index (Phi) is 9.66. The van der Waals surface area contributed by atoms with Crippen molar-refractivity contribution in [2.75, 3.05) is 6.61 Å². The fourth-order valence-corrected chi connectivity index (χ4v) is 6.99. The molecule has 0 radical (unpaired) electrons. The van der Waals surface area contributed by atoms with Crippen LogP contribution in [0.2, 0.25) is 0 Å². The van der Waals surface area contributed by atoms with E-state index in [1.165, 1.54) is 24.3 Å². The number of aryl methyl sites for hydroxylation is 2. The lowest BCUT2D eigenvalue weighted by Crippen LogP contribution is -2.58. The Bertz CT molecular complexity index is 1420. The van der Waals surface area contributed by atoms with Crippen LogP contribution in [0.15, 0.2) is 58.3 Å². The topological polar surface area (TPSA) is 157 Å². The van der Waals surface area contributed by atoms with E-state index in [1.807, 2.05) is 6.92 Å². The van der Waals surface area contributed by atoms with Crippen LogP contribution in [0.4, 0.5) is 4.79 Å². The fourth-order valence-electron chi connectivity index (χ4n) is 4.42. The van der Waals surface area contributed by atoms with Gasteiger partial charge in [-0.2, -0.15) is 0 Å². The number of nitrogens with one attached hydrogen (secondary N) is 3. The summed E-state index contributed by atoms with van der Waals surface area (Å²) in [5, 5.41) is 2.60. The molecule has 1 aliphatic carbocycles. The number of sulfonamides is 2. The van der Waals surface area contributed by atoms with Gasteiger partial charge in [0.05, 0.1) is 34.4 Å². The fraction of sp³-hybridized carbons (Fsp3) is 0.481. The second kappa shape index (κ2) is 12.2. The van der Waals surface area contributed by atoms with Crippen molar-refractivity contribution in [3.8, 4) is 0 Å². The van der Waals surface area contributed by atoms with Crippen molar-refractivity contribution in [1.29, 1.82) is 0 Å². The van der Waals surface area contributed by atoms with Gasteiger partial charge in [0, 0.05) is 6.04 Å². The minimum absolute atomic E-state index is 0.0329. The highest BCUT2D eigenvalue weighted by atomic mass is 32.2. The summed E-state index contributed by atoms with van der Waals surface area (Å²) in [4.78, 5) is 25.7. The van der Waals surface area contributed by atoms with Crippen LogP contribution in [-0.2, 0) is 34.3 Å². The number of hydrogen-bond donors (Lipinski definition) is 3. The van der Waals surface area contributed by atoms with Gasteiger partial charge in [-0.15, -0.1) is 0 Å². The van der Waals surface area contributed by atoms with E-state index in [9.17, 15) is 26.4 Å². The number of benzene rings is 2. The van der Waals surface area contributed by atoms with Gasteiger partial charge in [-0.25, -0.2) is 31.1 Å². The van der Waals surface area contributed by atoms with Crippen molar-refractivity contribution in [1.82, 2.24) is 14.8 Å². The third kappa shape index (κ3) is 8.03. The molecule has 220 valence electrons. The molecule has 4 atom stereocenters. The summed E-state index contributed by atoms with van der Waals surface area (Å²) in [6.45, 7) is 10.2. The molecule has 0 spiro atoms. The number of carbonyl (C=O) groups excluding carboxylic acids is 2. The summed E-state index contributed by atoms with van der Waals surface area (Å²) in [7, 11) is -8.36. The molecule has 1 aliphatic rings. The maximum atomic E-state index is 13.4. The first kappa shape index (κ1) is 31.5. The van der Waals surface area contributed by atoms with Crippen LogP contribution in [0.1, 0.15) is 45.2 Å². The SMILES string of the molecule is CCOC(=O)[C@@H]1C[C@@H](NS(=O)(=O)c2ccc(C)cc2)[C@H](NS(=O)(=O)c2ccc(C)cc2)[C@@H]1NC(=O)OC(C)(C)C. The maximum absolute atomic E-state index is 13.4. The van der Waals surface area contributed by atoms with Gasteiger partial charge in [-0.3, -0.25) is 4.79 Å². The predicted octanol–water partition coefficient (Wildman–Crippen LogP) is 2.77. The normalized spacial score (nSPS) is 21.6. The molecule has 2 aromatic rings. The van der Waals surface area contributed by atoms with Gasteiger partial charge in [-0.1, -0.05) is 35.4 Å². The monoisotopic (exact) mass is 595 g/mol. The molecular formula is C27H37N3O8S2. The third-order valence-corrected chi connectivity index (χ3v) is 9.28. The van der Waals surface area contributed by atoms with Gasteiger partial charge in [0.1, 0.15) is 5.60 Å². The average molecular weight is 596 g/mol. The first-order chi connectivity index (χ1) is 18.5. The van der Waals surface area contributed by atoms with Gasteiger partial charge in [0.2, 0.25) is 20.0 Å². The number of rotatable bonds is 9.